The minimum absolute atomic E-state index is 0. The Morgan fingerprint density at radius 3 is 2.59 bits per heavy atom. The Kier molecular flexibility index (Phi) is 11.3. The van der Waals surface area contributed by atoms with Gasteiger partial charge in [0.15, 0.2) is 11.1 Å². The standard InChI is InChI=1S/C23H36N6OS.HI/c1-4-24-21(26-17-23(2,30)18-11-6-5-7-12-18)25-16-10-15-20-27-28-22(31-3)29(20)19-13-8-9-14-19;/h5-7,11-12,19,30H,4,8-10,13-17H2,1-3H3,(H2,24,25,26);1H. The highest BCUT2D eigenvalue weighted by Gasteiger charge is 2.24. The third kappa shape index (κ3) is 7.34. The van der Waals surface area contributed by atoms with Gasteiger partial charge in [0.1, 0.15) is 11.4 Å². The maximum atomic E-state index is 10.8. The molecule has 1 heterocycles. The van der Waals surface area contributed by atoms with Crippen LogP contribution in [-0.4, -0.2) is 51.7 Å². The van der Waals surface area contributed by atoms with Gasteiger partial charge in [0.05, 0.1) is 6.54 Å². The average molecular weight is 573 g/mol. The molecule has 0 bridgehead atoms. The fraction of sp³-hybridized carbons (Fsp3) is 0.609. The minimum Gasteiger partial charge on any atom is -0.384 e. The molecule has 3 rings (SSSR count). The molecule has 9 heteroatoms. The van der Waals surface area contributed by atoms with Crippen LogP contribution < -0.4 is 10.6 Å². The predicted octanol–water partition coefficient (Wildman–Crippen LogP) is 4.13. The number of hydrogen-bond acceptors (Lipinski definition) is 5. The molecule has 1 aromatic heterocycles. The first-order valence-electron chi connectivity index (χ1n) is 11.3. The molecule has 0 saturated heterocycles. The van der Waals surface area contributed by atoms with Crippen LogP contribution in [0.25, 0.3) is 0 Å². The number of nitrogens with one attached hydrogen (secondary N) is 2. The van der Waals surface area contributed by atoms with Crippen molar-refractivity contribution in [3.8, 4) is 0 Å². The Hall–Kier alpha value is -1.33. The van der Waals surface area contributed by atoms with Gasteiger partial charge < -0.3 is 20.3 Å². The highest BCUT2D eigenvalue weighted by Crippen LogP contribution is 2.33. The molecule has 0 radical (unpaired) electrons. The Balaban J connectivity index is 0.00000363. The number of rotatable bonds is 10. The maximum absolute atomic E-state index is 10.8. The molecule has 32 heavy (non-hydrogen) atoms. The highest BCUT2D eigenvalue weighted by molar-refractivity contribution is 14.0. The summed E-state index contributed by atoms with van der Waals surface area (Å²) in [6, 6.07) is 10.2. The van der Waals surface area contributed by atoms with Crippen LogP contribution in [0.15, 0.2) is 40.5 Å². The van der Waals surface area contributed by atoms with E-state index in [0.29, 0.717) is 12.6 Å². The lowest BCUT2D eigenvalue weighted by molar-refractivity contribution is 0.0672. The molecule has 1 atom stereocenters. The largest absolute Gasteiger partial charge is 0.384 e. The SMILES string of the molecule is CCNC(=NCC(C)(O)c1ccccc1)NCCCc1nnc(SC)n1C1CCCC1.I. The van der Waals surface area contributed by atoms with Gasteiger partial charge in [-0.2, -0.15) is 0 Å². The first-order chi connectivity index (χ1) is 15.0. The van der Waals surface area contributed by atoms with Crippen molar-refractivity contribution in [1.29, 1.82) is 0 Å². The van der Waals surface area contributed by atoms with Crippen molar-refractivity contribution in [3.63, 3.8) is 0 Å². The van der Waals surface area contributed by atoms with E-state index in [2.05, 4.69) is 36.6 Å². The van der Waals surface area contributed by atoms with Crippen LogP contribution in [0.4, 0.5) is 0 Å². The second-order valence-electron chi connectivity index (χ2n) is 8.28. The third-order valence-corrected chi connectivity index (χ3v) is 6.41. The van der Waals surface area contributed by atoms with Crippen molar-refractivity contribution in [2.24, 2.45) is 4.99 Å². The number of aromatic nitrogens is 3. The second kappa shape index (κ2) is 13.4. The van der Waals surface area contributed by atoms with Crippen LogP contribution in [0.5, 0.6) is 0 Å². The lowest BCUT2D eigenvalue weighted by Crippen LogP contribution is -2.39. The van der Waals surface area contributed by atoms with Crippen molar-refractivity contribution in [1.82, 2.24) is 25.4 Å². The molecular formula is C23H37IN6OS. The van der Waals surface area contributed by atoms with Gasteiger partial charge in [-0.05, 0) is 44.9 Å². The van der Waals surface area contributed by atoms with Gasteiger partial charge in [0, 0.05) is 25.6 Å². The number of guanidine groups is 1. The van der Waals surface area contributed by atoms with E-state index < -0.39 is 5.60 Å². The van der Waals surface area contributed by atoms with E-state index in [9.17, 15) is 5.11 Å². The fourth-order valence-electron chi connectivity index (χ4n) is 4.06. The molecule has 1 aliphatic rings. The van der Waals surface area contributed by atoms with Gasteiger partial charge in [-0.1, -0.05) is 54.9 Å². The van der Waals surface area contributed by atoms with Crippen LogP contribution in [-0.2, 0) is 12.0 Å². The number of benzene rings is 1. The van der Waals surface area contributed by atoms with Crippen molar-refractivity contribution in [3.05, 3.63) is 41.7 Å². The molecule has 1 aromatic carbocycles. The van der Waals surface area contributed by atoms with Gasteiger partial charge >= 0.3 is 0 Å². The number of aliphatic hydroxyl groups is 1. The monoisotopic (exact) mass is 572 g/mol. The van der Waals surface area contributed by atoms with Crippen molar-refractivity contribution >= 4 is 41.7 Å². The minimum atomic E-state index is -1.00. The van der Waals surface area contributed by atoms with Crippen molar-refractivity contribution in [2.75, 3.05) is 25.9 Å². The Bertz CT molecular complexity index is 836. The number of nitrogens with zero attached hydrogens (tertiary/aromatic N) is 4. The fourth-order valence-corrected chi connectivity index (χ4v) is 4.64. The van der Waals surface area contributed by atoms with E-state index in [4.69, 9.17) is 0 Å². The summed E-state index contributed by atoms with van der Waals surface area (Å²) in [5.41, 5.74) is -0.138. The molecule has 7 nitrogen and oxygen atoms in total. The van der Waals surface area contributed by atoms with Crippen LogP contribution in [0.1, 0.15) is 63.4 Å². The van der Waals surface area contributed by atoms with Crippen molar-refractivity contribution in [2.45, 2.75) is 69.2 Å². The topological polar surface area (TPSA) is 87.4 Å². The number of hydrogen-bond donors (Lipinski definition) is 3. The number of halogens is 1. The molecule has 3 N–H and O–H groups in total. The third-order valence-electron chi connectivity index (χ3n) is 5.76. The Morgan fingerprint density at radius 1 is 1.22 bits per heavy atom. The molecule has 1 aliphatic carbocycles. The zero-order valence-electron chi connectivity index (χ0n) is 19.4. The molecule has 178 valence electrons. The predicted molar refractivity (Wildman–Crippen MR) is 143 cm³/mol. The lowest BCUT2D eigenvalue weighted by Gasteiger charge is -2.22. The zero-order chi connectivity index (χ0) is 22.1. The molecule has 1 unspecified atom stereocenters. The van der Waals surface area contributed by atoms with E-state index in [1.54, 1.807) is 18.7 Å². The summed E-state index contributed by atoms with van der Waals surface area (Å²) >= 11 is 1.68. The van der Waals surface area contributed by atoms with Crippen LogP contribution in [0, 0.1) is 0 Å². The van der Waals surface area contributed by atoms with Gasteiger partial charge in [-0.15, -0.1) is 34.2 Å². The highest BCUT2D eigenvalue weighted by atomic mass is 127. The molecular weight excluding hydrogens is 535 g/mol. The van der Waals surface area contributed by atoms with Crippen LogP contribution >= 0.6 is 35.7 Å². The number of aryl methyl sites for hydroxylation is 1. The molecule has 0 amide bonds. The van der Waals surface area contributed by atoms with Crippen molar-refractivity contribution < 1.29 is 5.11 Å². The molecule has 2 aromatic rings. The normalized spacial score (nSPS) is 16.4. The first-order valence-corrected chi connectivity index (χ1v) is 12.6. The van der Waals surface area contributed by atoms with Crippen LogP contribution in [0.3, 0.4) is 0 Å². The van der Waals surface area contributed by atoms with E-state index >= 15 is 0 Å². The molecule has 1 fully saturated rings. The summed E-state index contributed by atoms with van der Waals surface area (Å²) in [5.74, 6) is 1.81. The maximum Gasteiger partial charge on any atom is 0.191 e. The summed E-state index contributed by atoms with van der Waals surface area (Å²) in [6.07, 6.45) is 8.96. The quantitative estimate of drug-likeness (QED) is 0.131. The lowest BCUT2D eigenvalue weighted by atomic mass is 9.96. The van der Waals surface area contributed by atoms with E-state index in [0.717, 1.165) is 48.4 Å². The summed E-state index contributed by atoms with van der Waals surface area (Å²) in [7, 11) is 0. The number of thioether (sulfide) groups is 1. The van der Waals surface area contributed by atoms with Gasteiger partial charge in [-0.25, -0.2) is 4.99 Å². The number of aliphatic imine (C=N–C) groups is 1. The first kappa shape index (κ1) is 26.9. The summed E-state index contributed by atoms with van der Waals surface area (Å²) < 4.78 is 2.37. The summed E-state index contributed by atoms with van der Waals surface area (Å²) in [4.78, 5) is 4.61. The Labute approximate surface area is 213 Å². The summed E-state index contributed by atoms with van der Waals surface area (Å²) in [5, 5.41) is 27.4. The van der Waals surface area contributed by atoms with E-state index in [-0.39, 0.29) is 24.0 Å². The van der Waals surface area contributed by atoms with Crippen LogP contribution in [0.2, 0.25) is 0 Å². The summed E-state index contributed by atoms with van der Waals surface area (Å²) in [6.45, 7) is 5.69. The van der Waals surface area contributed by atoms with Gasteiger partial charge in [0.25, 0.3) is 0 Å². The molecule has 0 spiro atoms. The molecule has 0 aliphatic heterocycles. The smallest absolute Gasteiger partial charge is 0.191 e. The second-order valence-corrected chi connectivity index (χ2v) is 9.05. The zero-order valence-corrected chi connectivity index (χ0v) is 22.5. The van der Waals surface area contributed by atoms with E-state index in [1.807, 2.05) is 37.3 Å². The average Bonchev–Trinajstić information content (AvgIpc) is 3.45. The Morgan fingerprint density at radius 2 is 1.94 bits per heavy atom. The van der Waals surface area contributed by atoms with Gasteiger partial charge in [-0.3, -0.25) is 0 Å². The van der Waals surface area contributed by atoms with Gasteiger partial charge in [0.2, 0.25) is 0 Å². The van der Waals surface area contributed by atoms with E-state index in [1.165, 1.54) is 25.7 Å². The molecule has 1 saturated carbocycles.